The molecule has 1 aliphatic heterocycles. The van der Waals surface area contributed by atoms with Gasteiger partial charge in [-0.25, -0.2) is 0 Å². The Morgan fingerprint density at radius 1 is 0.711 bits per heavy atom. The van der Waals surface area contributed by atoms with Crippen LogP contribution in [-0.4, -0.2) is 48.8 Å². The summed E-state index contributed by atoms with van der Waals surface area (Å²) >= 11 is 1.69. The molecule has 4 aromatic carbocycles. The molecule has 4 aromatic rings. The molecule has 0 spiro atoms. The second kappa shape index (κ2) is 13.4. The number of morpholine rings is 1. The first-order chi connectivity index (χ1) is 18.5. The van der Waals surface area contributed by atoms with Gasteiger partial charge in [0.15, 0.2) is 5.78 Å². The summed E-state index contributed by atoms with van der Waals surface area (Å²) in [6, 6.07) is 39.1. The van der Waals surface area contributed by atoms with Crippen LogP contribution in [0.4, 0.5) is 17.1 Å². The normalized spacial score (nSPS) is 13.8. The number of carbonyl (C=O) groups is 1. The van der Waals surface area contributed by atoms with Crippen LogP contribution in [0.2, 0.25) is 0 Å². The summed E-state index contributed by atoms with van der Waals surface area (Å²) in [6.45, 7) is 7.07. The molecule has 0 atom stereocenters. The molecular formula is C33H36N2O2S. The lowest BCUT2D eigenvalue weighted by atomic mass is 9.91. The van der Waals surface area contributed by atoms with Crippen LogP contribution < -0.4 is 4.90 Å². The molecule has 0 aromatic heterocycles. The predicted octanol–water partition coefficient (Wildman–Crippen LogP) is 7.86. The SMILES string of the molecule is CSc1ccc(C(=O)C(C)(C)N2CCOCC2)cc1.c1ccc(N(c2ccccc2)c2ccccc2)cc1. The van der Waals surface area contributed by atoms with Crippen LogP contribution in [0.25, 0.3) is 0 Å². The first-order valence-electron chi connectivity index (χ1n) is 13.0. The summed E-state index contributed by atoms with van der Waals surface area (Å²) in [5.41, 5.74) is 3.82. The number of carbonyl (C=O) groups excluding carboxylic acids is 1. The number of para-hydroxylation sites is 3. The van der Waals surface area contributed by atoms with Crippen molar-refractivity contribution in [1.82, 2.24) is 4.90 Å². The Kier molecular flexibility index (Phi) is 9.77. The van der Waals surface area contributed by atoms with E-state index in [1.807, 2.05) is 62.6 Å². The zero-order chi connectivity index (χ0) is 26.8. The van der Waals surface area contributed by atoms with Gasteiger partial charge >= 0.3 is 0 Å². The van der Waals surface area contributed by atoms with E-state index in [1.165, 1.54) is 22.0 Å². The fraction of sp³-hybridized carbons (Fsp3) is 0.242. The number of thioether (sulfide) groups is 1. The van der Waals surface area contributed by atoms with Crippen molar-refractivity contribution >= 4 is 34.6 Å². The van der Waals surface area contributed by atoms with Gasteiger partial charge in [0.25, 0.3) is 0 Å². The molecule has 4 nitrogen and oxygen atoms in total. The number of hydrogen-bond acceptors (Lipinski definition) is 5. The Bertz CT molecular complexity index is 1160. The average Bonchev–Trinajstić information content (AvgIpc) is 2.99. The van der Waals surface area contributed by atoms with Gasteiger partial charge in [0.1, 0.15) is 0 Å². The largest absolute Gasteiger partial charge is 0.379 e. The highest BCUT2D eigenvalue weighted by Gasteiger charge is 2.35. The molecule has 5 heteroatoms. The molecule has 0 bridgehead atoms. The molecule has 38 heavy (non-hydrogen) atoms. The third-order valence-corrected chi connectivity index (χ3v) is 7.50. The molecule has 0 unspecified atom stereocenters. The van der Waals surface area contributed by atoms with Crippen LogP contribution in [0.15, 0.2) is 120 Å². The molecule has 0 N–H and O–H groups in total. The Hall–Kier alpha value is -3.38. The molecule has 0 saturated carbocycles. The molecule has 1 heterocycles. The number of rotatable bonds is 7. The number of hydrogen-bond donors (Lipinski definition) is 0. The molecule has 196 valence electrons. The molecule has 0 amide bonds. The van der Waals surface area contributed by atoms with Crippen molar-refractivity contribution in [3.05, 3.63) is 121 Å². The third-order valence-electron chi connectivity index (χ3n) is 6.75. The van der Waals surface area contributed by atoms with Crippen molar-refractivity contribution in [3.63, 3.8) is 0 Å². The van der Waals surface area contributed by atoms with Gasteiger partial charge in [-0.1, -0.05) is 66.7 Å². The minimum atomic E-state index is -0.468. The van der Waals surface area contributed by atoms with Crippen LogP contribution in [0.1, 0.15) is 24.2 Å². The minimum absolute atomic E-state index is 0.182. The quantitative estimate of drug-likeness (QED) is 0.182. The second-order valence-corrected chi connectivity index (χ2v) is 10.4. The van der Waals surface area contributed by atoms with Gasteiger partial charge in [0.2, 0.25) is 0 Å². The predicted molar refractivity (Wildman–Crippen MR) is 160 cm³/mol. The number of ether oxygens (including phenoxy) is 1. The maximum absolute atomic E-state index is 12.7. The summed E-state index contributed by atoms with van der Waals surface area (Å²) in [4.78, 5) is 18.3. The van der Waals surface area contributed by atoms with Gasteiger partial charge < -0.3 is 9.64 Å². The molecule has 1 aliphatic rings. The Morgan fingerprint density at radius 2 is 1.13 bits per heavy atom. The van der Waals surface area contributed by atoms with E-state index in [0.717, 1.165) is 18.7 Å². The summed E-state index contributed by atoms with van der Waals surface area (Å²) in [5, 5.41) is 0. The first-order valence-corrected chi connectivity index (χ1v) is 14.2. The van der Waals surface area contributed by atoms with Crippen LogP contribution in [0, 0.1) is 0 Å². The van der Waals surface area contributed by atoms with E-state index in [4.69, 9.17) is 4.74 Å². The van der Waals surface area contributed by atoms with Gasteiger partial charge in [-0.05, 0) is 68.6 Å². The number of ketones is 1. The van der Waals surface area contributed by atoms with E-state index >= 15 is 0 Å². The molecular weight excluding hydrogens is 488 g/mol. The Labute approximate surface area is 231 Å². The number of nitrogens with zero attached hydrogens (tertiary/aromatic N) is 2. The lowest BCUT2D eigenvalue weighted by Crippen LogP contribution is -2.54. The van der Waals surface area contributed by atoms with Gasteiger partial charge in [-0.3, -0.25) is 9.69 Å². The standard InChI is InChI=1S/C18H15N.C15H21NO2S/c1-4-10-16(11-5-1)19(17-12-6-2-7-13-17)18-14-8-3-9-15-18;1-15(2,16-8-10-18-11-9-16)14(17)12-4-6-13(19-3)7-5-12/h1-15H;4-7H,8-11H2,1-3H3. The first kappa shape index (κ1) is 27.6. The highest BCUT2D eigenvalue weighted by molar-refractivity contribution is 7.98. The van der Waals surface area contributed by atoms with Crippen LogP contribution in [0.3, 0.4) is 0 Å². The summed E-state index contributed by atoms with van der Waals surface area (Å²) in [6.07, 6.45) is 2.04. The van der Waals surface area contributed by atoms with Crippen molar-refractivity contribution in [2.24, 2.45) is 0 Å². The Morgan fingerprint density at radius 3 is 1.53 bits per heavy atom. The van der Waals surface area contributed by atoms with E-state index in [-0.39, 0.29) is 5.78 Å². The highest BCUT2D eigenvalue weighted by Crippen LogP contribution is 2.33. The topological polar surface area (TPSA) is 32.8 Å². The molecule has 1 fully saturated rings. The van der Waals surface area contributed by atoms with Crippen molar-refractivity contribution in [3.8, 4) is 0 Å². The van der Waals surface area contributed by atoms with Crippen LogP contribution in [-0.2, 0) is 4.74 Å². The van der Waals surface area contributed by atoms with Gasteiger partial charge in [-0.15, -0.1) is 11.8 Å². The van der Waals surface area contributed by atoms with Gasteiger partial charge in [0, 0.05) is 40.6 Å². The highest BCUT2D eigenvalue weighted by atomic mass is 32.2. The van der Waals surface area contributed by atoms with Gasteiger partial charge in [0.05, 0.1) is 18.8 Å². The number of benzene rings is 4. The lowest BCUT2D eigenvalue weighted by molar-refractivity contribution is -0.00430. The number of anilines is 3. The van der Waals surface area contributed by atoms with Crippen molar-refractivity contribution in [1.29, 1.82) is 0 Å². The molecule has 5 rings (SSSR count). The molecule has 1 saturated heterocycles. The fourth-order valence-corrected chi connectivity index (χ4v) is 4.95. The third kappa shape index (κ3) is 6.93. The summed E-state index contributed by atoms with van der Waals surface area (Å²) in [7, 11) is 0. The molecule has 0 aliphatic carbocycles. The van der Waals surface area contributed by atoms with Crippen molar-refractivity contribution in [2.45, 2.75) is 24.3 Å². The zero-order valence-electron chi connectivity index (χ0n) is 22.4. The van der Waals surface area contributed by atoms with Crippen LogP contribution in [0.5, 0.6) is 0 Å². The van der Waals surface area contributed by atoms with Crippen molar-refractivity contribution < 1.29 is 9.53 Å². The molecule has 0 radical (unpaired) electrons. The van der Waals surface area contributed by atoms with E-state index in [0.29, 0.717) is 13.2 Å². The lowest BCUT2D eigenvalue weighted by Gasteiger charge is -2.39. The monoisotopic (exact) mass is 524 g/mol. The van der Waals surface area contributed by atoms with Crippen LogP contribution >= 0.6 is 11.8 Å². The number of Topliss-reactive ketones (excluding diaryl/α,β-unsaturated/α-hetero) is 1. The smallest absolute Gasteiger partial charge is 0.182 e. The minimum Gasteiger partial charge on any atom is -0.379 e. The zero-order valence-corrected chi connectivity index (χ0v) is 23.2. The summed E-state index contributed by atoms with van der Waals surface area (Å²) < 4.78 is 5.35. The maximum Gasteiger partial charge on any atom is 0.182 e. The maximum atomic E-state index is 12.7. The fourth-order valence-electron chi connectivity index (χ4n) is 4.54. The van der Waals surface area contributed by atoms with E-state index in [2.05, 4.69) is 82.6 Å². The van der Waals surface area contributed by atoms with E-state index in [1.54, 1.807) is 11.8 Å². The van der Waals surface area contributed by atoms with E-state index in [9.17, 15) is 4.79 Å². The van der Waals surface area contributed by atoms with E-state index < -0.39 is 5.54 Å². The second-order valence-electron chi connectivity index (χ2n) is 9.56. The van der Waals surface area contributed by atoms with Gasteiger partial charge in [-0.2, -0.15) is 0 Å². The Balaban J connectivity index is 0.000000177. The van der Waals surface area contributed by atoms with Crippen molar-refractivity contribution in [2.75, 3.05) is 37.5 Å². The summed E-state index contributed by atoms with van der Waals surface area (Å²) in [5.74, 6) is 0.182. The average molecular weight is 525 g/mol.